The number of benzene rings is 3. The molecule has 3 aromatic carbocycles. The largest absolute Gasteiger partial charge is 0.352 e. The van der Waals surface area contributed by atoms with Crippen LogP contribution in [-0.4, -0.2) is 43.8 Å². The van der Waals surface area contributed by atoms with Gasteiger partial charge in [-0.25, -0.2) is 8.42 Å². The van der Waals surface area contributed by atoms with Crippen LogP contribution in [0, 0.1) is 6.92 Å². The van der Waals surface area contributed by atoms with Crippen molar-refractivity contribution in [1.82, 2.24) is 10.2 Å². The summed E-state index contributed by atoms with van der Waals surface area (Å²) < 4.78 is 30.0. The Kier molecular flexibility index (Phi) is 11.2. The molecule has 7 nitrogen and oxygen atoms in total. The maximum absolute atomic E-state index is 14.0. The quantitative estimate of drug-likeness (QED) is 0.248. The van der Waals surface area contributed by atoms with Crippen molar-refractivity contribution in [1.29, 1.82) is 0 Å². The van der Waals surface area contributed by atoms with Gasteiger partial charge in [0.15, 0.2) is 0 Å². The third-order valence-electron chi connectivity index (χ3n) is 7.17. The Morgan fingerprint density at radius 1 is 0.878 bits per heavy atom. The van der Waals surface area contributed by atoms with Crippen LogP contribution in [0.3, 0.4) is 0 Å². The van der Waals surface area contributed by atoms with Crippen LogP contribution >= 0.6 is 15.9 Å². The predicted octanol–water partition coefficient (Wildman–Crippen LogP) is 6.41. The average Bonchev–Trinajstić information content (AvgIpc) is 2.95. The summed E-state index contributed by atoms with van der Waals surface area (Å²) in [7, 11) is -4.10. The summed E-state index contributed by atoms with van der Waals surface area (Å²) in [5.41, 5.74) is 3.18. The third-order valence-corrected chi connectivity index (χ3v) is 9.49. The highest BCUT2D eigenvalue weighted by atomic mass is 79.9. The molecule has 0 bridgehead atoms. The molecule has 220 valence electrons. The number of sulfonamides is 1. The Bertz CT molecular complexity index is 1420. The zero-order valence-corrected chi connectivity index (χ0v) is 27.0. The number of carbonyl (C=O) groups is 2. The van der Waals surface area contributed by atoms with E-state index in [1.807, 2.05) is 57.2 Å². The van der Waals surface area contributed by atoms with E-state index in [1.54, 1.807) is 43.3 Å². The number of amides is 2. The molecule has 0 radical (unpaired) electrons. The van der Waals surface area contributed by atoms with Gasteiger partial charge in [0.05, 0.1) is 10.6 Å². The van der Waals surface area contributed by atoms with Crippen LogP contribution in [0.4, 0.5) is 5.69 Å². The number of nitrogens with zero attached hydrogens (tertiary/aromatic N) is 2. The van der Waals surface area contributed by atoms with Crippen LogP contribution in [0.5, 0.6) is 0 Å². The Morgan fingerprint density at radius 2 is 1.46 bits per heavy atom. The lowest BCUT2D eigenvalue weighted by molar-refractivity contribution is -0.139. The number of halogens is 1. The van der Waals surface area contributed by atoms with Crippen LogP contribution in [0.15, 0.2) is 82.2 Å². The van der Waals surface area contributed by atoms with Gasteiger partial charge in [-0.3, -0.25) is 13.9 Å². The van der Waals surface area contributed by atoms with Crippen LogP contribution in [0.2, 0.25) is 0 Å². The summed E-state index contributed by atoms with van der Waals surface area (Å²) >= 11 is 3.43. The fourth-order valence-corrected chi connectivity index (χ4v) is 5.90. The van der Waals surface area contributed by atoms with Gasteiger partial charge in [-0.2, -0.15) is 0 Å². The second-order valence-corrected chi connectivity index (χ2v) is 13.5. The molecule has 3 aromatic rings. The number of hydrogen-bond donors (Lipinski definition) is 1. The highest BCUT2D eigenvalue weighted by Gasteiger charge is 2.32. The van der Waals surface area contributed by atoms with Gasteiger partial charge in [0.2, 0.25) is 11.8 Å². The average molecular weight is 643 g/mol. The van der Waals surface area contributed by atoms with Crippen molar-refractivity contribution in [2.75, 3.05) is 10.8 Å². The summed E-state index contributed by atoms with van der Waals surface area (Å²) in [6, 6.07) is 20.4. The highest BCUT2D eigenvalue weighted by Crippen LogP contribution is 2.27. The van der Waals surface area contributed by atoms with Gasteiger partial charge < -0.3 is 10.2 Å². The number of anilines is 1. The van der Waals surface area contributed by atoms with E-state index < -0.39 is 28.5 Å². The zero-order valence-electron chi connectivity index (χ0n) is 24.6. The number of rotatable bonds is 12. The molecule has 0 fully saturated rings. The molecule has 0 saturated carbocycles. The molecule has 0 aromatic heterocycles. The minimum atomic E-state index is -4.10. The van der Waals surface area contributed by atoms with Crippen molar-refractivity contribution in [3.8, 4) is 0 Å². The molecule has 0 aliphatic heterocycles. The van der Waals surface area contributed by atoms with E-state index in [1.165, 1.54) is 4.90 Å². The molecule has 1 N–H and O–H groups in total. The number of carbonyl (C=O) groups excluding carboxylic acids is 2. The molecule has 0 aliphatic rings. The third kappa shape index (κ3) is 8.42. The van der Waals surface area contributed by atoms with Gasteiger partial charge >= 0.3 is 0 Å². The molecule has 41 heavy (non-hydrogen) atoms. The Balaban J connectivity index is 2.03. The first-order valence-corrected chi connectivity index (χ1v) is 16.1. The molecule has 0 heterocycles. The van der Waals surface area contributed by atoms with Gasteiger partial charge in [0, 0.05) is 17.1 Å². The molecule has 2 amide bonds. The lowest BCUT2D eigenvalue weighted by atomic mass is 10.0. The Morgan fingerprint density at radius 3 is 2.00 bits per heavy atom. The van der Waals surface area contributed by atoms with E-state index in [4.69, 9.17) is 0 Å². The van der Waals surface area contributed by atoms with Crippen LogP contribution in [0.25, 0.3) is 0 Å². The summed E-state index contributed by atoms with van der Waals surface area (Å²) in [4.78, 5) is 28.7. The van der Waals surface area contributed by atoms with E-state index in [0.717, 1.165) is 31.9 Å². The molecule has 0 aliphatic carbocycles. The number of hydrogen-bond acceptors (Lipinski definition) is 4. The SMILES string of the molecule is CC[C@@H](C)NC(=O)[C@@H](C)N(Cc1ccc(Br)cc1)C(=O)CN(c1ccc(C(C)C)cc1)S(=O)(=O)c1ccc(C)cc1. The smallest absolute Gasteiger partial charge is 0.264 e. The van der Waals surface area contributed by atoms with Gasteiger partial charge in [0.25, 0.3) is 10.0 Å². The molecule has 0 spiro atoms. The number of nitrogens with one attached hydrogen (secondary N) is 1. The van der Waals surface area contributed by atoms with Gasteiger partial charge in [-0.15, -0.1) is 0 Å². The summed E-state index contributed by atoms with van der Waals surface area (Å²) in [6.45, 7) is 11.2. The zero-order chi connectivity index (χ0) is 30.3. The van der Waals surface area contributed by atoms with Gasteiger partial charge in [-0.05, 0) is 80.6 Å². The predicted molar refractivity (Wildman–Crippen MR) is 168 cm³/mol. The summed E-state index contributed by atoms with van der Waals surface area (Å²) in [6.07, 6.45) is 0.744. The van der Waals surface area contributed by atoms with E-state index >= 15 is 0 Å². The maximum Gasteiger partial charge on any atom is 0.264 e. The summed E-state index contributed by atoms with van der Waals surface area (Å²) in [5, 5.41) is 2.95. The maximum atomic E-state index is 14.0. The fourth-order valence-electron chi connectivity index (χ4n) is 4.23. The van der Waals surface area contributed by atoms with Crippen LogP contribution < -0.4 is 9.62 Å². The van der Waals surface area contributed by atoms with Crippen molar-refractivity contribution in [2.24, 2.45) is 0 Å². The number of aryl methyl sites for hydroxylation is 1. The molecular formula is C32H40BrN3O4S. The van der Waals surface area contributed by atoms with Crippen LogP contribution in [-0.2, 0) is 26.2 Å². The van der Waals surface area contributed by atoms with Gasteiger partial charge in [0.1, 0.15) is 12.6 Å². The fraction of sp³-hybridized carbons (Fsp3) is 0.375. The van der Waals surface area contributed by atoms with E-state index in [2.05, 4.69) is 35.1 Å². The minimum Gasteiger partial charge on any atom is -0.352 e. The van der Waals surface area contributed by atoms with Crippen molar-refractivity contribution in [2.45, 2.75) is 77.4 Å². The van der Waals surface area contributed by atoms with E-state index in [9.17, 15) is 18.0 Å². The molecule has 0 saturated heterocycles. The normalized spacial score (nSPS) is 13.0. The highest BCUT2D eigenvalue weighted by molar-refractivity contribution is 9.10. The lowest BCUT2D eigenvalue weighted by Crippen LogP contribution is -2.52. The van der Waals surface area contributed by atoms with Crippen LogP contribution in [0.1, 0.15) is 63.6 Å². The Labute approximate surface area is 253 Å². The van der Waals surface area contributed by atoms with Crippen molar-refractivity contribution in [3.63, 3.8) is 0 Å². The monoisotopic (exact) mass is 641 g/mol. The molecule has 9 heteroatoms. The molecule has 3 rings (SSSR count). The first-order valence-electron chi connectivity index (χ1n) is 13.9. The second kappa shape index (κ2) is 14.1. The second-order valence-electron chi connectivity index (χ2n) is 10.7. The lowest BCUT2D eigenvalue weighted by Gasteiger charge is -2.32. The summed E-state index contributed by atoms with van der Waals surface area (Å²) in [5.74, 6) is -0.513. The Hall–Kier alpha value is -3.17. The van der Waals surface area contributed by atoms with E-state index in [-0.39, 0.29) is 29.3 Å². The molecule has 0 unspecified atom stereocenters. The standard InChI is InChI=1S/C32H40BrN3O4S/c1-7-24(5)34-32(38)25(6)35(20-26-10-14-28(33)15-11-26)31(37)21-36(29-16-12-27(13-17-29)22(2)3)41(39,40)30-18-8-23(4)9-19-30/h8-19,22,24-25H,7,20-21H2,1-6H3,(H,34,38)/t24-,25-/m1/s1. The van der Waals surface area contributed by atoms with Crippen molar-refractivity contribution >= 4 is 43.5 Å². The first-order chi connectivity index (χ1) is 19.3. The van der Waals surface area contributed by atoms with E-state index in [0.29, 0.717) is 5.69 Å². The first kappa shape index (κ1) is 32.3. The minimum absolute atomic E-state index is 0.0625. The van der Waals surface area contributed by atoms with Gasteiger partial charge in [-0.1, -0.05) is 78.7 Å². The molecular weight excluding hydrogens is 602 g/mol. The topological polar surface area (TPSA) is 86.8 Å². The van der Waals surface area contributed by atoms with Crippen molar-refractivity contribution < 1.29 is 18.0 Å². The molecule has 2 atom stereocenters. The van der Waals surface area contributed by atoms with Crippen molar-refractivity contribution in [3.05, 3.63) is 94.0 Å².